The Bertz CT molecular complexity index is 704. The molecule has 2 aromatic rings. The zero-order valence-corrected chi connectivity index (χ0v) is 10.5. The lowest BCUT2D eigenvalue weighted by molar-refractivity contribution is 0.598. The molecule has 92 valence electrons. The highest BCUT2D eigenvalue weighted by molar-refractivity contribution is 7.92. The first-order valence-electron chi connectivity index (χ1n) is 4.74. The SMILES string of the molecule is N#Cc1cc(NS(=O)(=O)c2cnc[nH]2)ccc1Cl. The maximum atomic E-state index is 11.8. The quantitative estimate of drug-likeness (QED) is 0.895. The summed E-state index contributed by atoms with van der Waals surface area (Å²) in [4.78, 5) is 6.11. The Morgan fingerprint density at radius 3 is 2.83 bits per heavy atom. The lowest BCUT2D eigenvalue weighted by Gasteiger charge is -2.06. The summed E-state index contributed by atoms with van der Waals surface area (Å²) >= 11 is 5.75. The average Bonchev–Trinajstić information content (AvgIpc) is 2.85. The number of hydrogen-bond acceptors (Lipinski definition) is 4. The molecule has 1 aromatic heterocycles. The molecular formula is C10H7ClN4O2S. The maximum absolute atomic E-state index is 11.8. The molecule has 6 nitrogen and oxygen atoms in total. The van der Waals surface area contributed by atoms with Crippen molar-refractivity contribution in [2.45, 2.75) is 5.03 Å². The van der Waals surface area contributed by atoms with Crippen LogP contribution in [0.4, 0.5) is 5.69 Å². The van der Waals surface area contributed by atoms with Gasteiger partial charge in [0.25, 0.3) is 10.0 Å². The fourth-order valence-electron chi connectivity index (χ4n) is 1.27. The van der Waals surface area contributed by atoms with Crippen molar-refractivity contribution in [3.05, 3.63) is 41.3 Å². The molecule has 0 aliphatic heterocycles. The van der Waals surface area contributed by atoms with Gasteiger partial charge in [-0.25, -0.2) is 4.98 Å². The smallest absolute Gasteiger partial charge is 0.278 e. The predicted octanol–water partition coefficient (Wildman–Crippen LogP) is 1.74. The number of aromatic nitrogens is 2. The van der Waals surface area contributed by atoms with Gasteiger partial charge in [-0.2, -0.15) is 13.7 Å². The molecule has 1 heterocycles. The van der Waals surface area contributed by atoms with Crippen molar-refractivity contribution in [1.29, 1.82) is 5.26 Å². The number of nitriles is 1. The summed E-state index contributed by atoms with van der Waals surface area (Å²) < 4.78 is 26.0. The molecular weight excluding hydrogens is 276 g/mol. The van der Waals surface area contributed by atoms with Crippen molar-refractivity contribution in [3.63, 3.8) is 0 Å². The largest absolute Gasteiger partial charge is 0.334 e. The van der Waals surface area contributed by atoms with Crippen LogP contribution in [0.25, 0.3) is 0 Å². The number of anilines is 1. The van der Waals surface area contributed by atoms with E-state index in [1.807, 2.05) is 6.07 Å². The number of aromatic amines is 1. The van der Waals surface area contributed by atoms with Gasteiger partial charge in [0, 0.05) is 0 Å². The molecule has 0 fully saturated rings. The number of sulfonamides is 1. The van der Waals surface area contributed by atoms with Crippen molar-refractivity contribution < 1.29 is 8.42 Å². The van der Waals surface area contributed by atoms with Crippen LogP contribution in [0.5, 0.6) is 0 Å². The minimum atomic E-state index is -3.73. The molecule has 0 atom stereocenters. The molecule has 1 aromatic carbocycles. The molecule has 0 unspecified atom stereocenters. The number of halogens is 1. The third-order valence-electron chi connectivity index (χ3n) is 2.10. The van der Waals surface area contributed by atoms with Crippen LogP contribution < -0.4 is 4.72 Å². The van der Waals surface area contributed by atoms with E-state index >= 15 is 0 Å². The van der Waals surface area contributed by atoms with Crippen LogP contribution in [0.1, 0.15) is 5.56 Å². The van der Waals surface area contributed by atoms with E-state index in [0.717, 1.165) is 0 Å². The van der Waals surface area contributed by atoms with Crippen molar-refractivity contribution >= 4 is 27.3 Å². The Morgan fingerprint density at radius 2 is 2.22 bits per heavy atom. The third-order valence-corrected chi connectivity index (χ3v) is 3.74. The Hall–Kier alpha value is -2.04. The normalized spacial score (nSPS) is 10.9. The summed E-state index contributed by atoms with van der Waals surface area (Å²) in [5.74, 6) is 0. The number of nitrogens with one attached hydrogen (secondary N) is 2. The fraction of sp³-hybridized carbons (Fsp3) is 0. The van der Waals surface area contributed by atoms with Crippen molar-refractivity contribution in [1.82, 2.24) is 9.97 Å². The summed E-state index contributed by atoms with van der Waals surface area (Å²) in [7, 11) is -3.73. The number of rotatable bonds is 3. The summed E-state index contributed by atoms with van der Waals surface area (Å²) in [6.45, 7) is 0. The van der Waals surface area contributed by atoms with Crippen LogP contribution in [-0.4, -0.2) is 18.4 Å². The average molecular weight is 283 g/mol. The topological polar surface area (TPSA) is 98.6 Å². The van der Waals surface area contributed by atoms with E-state index < -0.39 is 10.0 Å². The number of nitrogens with zero attached hydrogens (tertiary/aromatic N) is 2. The van der Waals surface area contributed by atoms with E-state index in [1.54, 1.807) is 0 Å². The number of H-pyrrole nitrogens is 1. The lowest BCUT2D eigenvalue weighted by Crippen LogP contribution is -2.13. The van der Waals surface area contributed by atoms with E-state index in [-0.39, 0.29) is 21.3 Å². The highest BCUT2D eigenvalue weighted by Gasteiger charge is 2.16. The van der Waals surface area contributed by atoms with Crippen LogP contribution in [0.3, 0.4) is 0 Å². The van der Waals surface area contributed by atoms with E-state index in [1.165, 1.54) is 30.7 Å². The van der Waals surface area contributed by atoms with Gasteiger partial charge in [0.1, 0.15) is 6.07 Å². The van der Waals surface area contributed by atoms with Crippen LogP contribution in [-0.2, 0) is 10.0 Å². The molecule has 2 rings (SSSR count). The maximum Gasteiger partial charge on any atom is 0.278 e. The first kappa shape index (κ1) is 12.4. The molecule has 2 N–H and O–H groups in total. The van der Waals surface area contributed by atoms with Gasteiger partial charge in [0.15, 0.2) is 5.03 Å². The highest BCUT2D eigenvalue weighted by Crippen LogP contribution is 2.21. The molecule has 0 aliphatic rings. The second kappa shape index (κ2) is 4.68. The highest BCUT2D eigenvalue weighted by atomic mass is 35.5. The Morgan fingerprint density at radius 1 is 1.44 bits per heavy atom. The second-order valence-electron chi connectivity index (χ2n) is 3.33. The van der Waals surface area contributed by atoms with Gasteiger partial charge in [0.2, 0.25) is 0 Å². The fourth-order valence-corrected chi connectivity index (χ4v) is 2.39. The molecule has 0 saturated carbocycles. The molecule has 0 aliphatic carbocycles. The molecule has 0 saturated heterocycles. The first-order valence-corrected chi connectivity index (χ1v) is 6.60. The lowest BCUT2D eigenvalue weighted by atomic mass is 10.2. The molecule has 0 amide bonds. The standard InChI is InChI=1S/C10H7ClN4O2S/c11-9-2-1-8(3-7(9)4-12)15-18(16,17)10-5-13-6-14-10/h1-3,5-6,15H,(H,13,14). The summed E-state index contributed by atoms with van der Waals surface area (Å²) in [5, 5.41) is 9.00. The zero-order valence-electron chi connectivity index (χ0n) is 8.88. The molecule has 0 radical (unpaired) electrons. The minimum absolute atomic E-state index is 0.0593. The van der Waals surface area contributed by atoms with E-state index in [4.69, 9.17) is 16.9 Å². The number of benzene rings is 1. The van der Waals surface area contributed by atoms with Crippen LogP contribution in [0, 0.1) is 11.3 Å². The Kier molecular flexibility index (Phi) is 3.23. The van der Waals surface area contributed by atoms with E-state index in [0.29, 0.717) is 0 Å². The van der Waals surface area contributed by atoms with Gasteiger partial charge in [-0.05, 0) is 18.2 Å². The van der Waals surface area contributed by atoms with Gasteiger partial charge >= 0.3 is 0 Å². The zero-order chi connectivity index (χ0) is 13.2. The second-order valence-corrected chi connectivity index (χ2v) is 5.39. The molecule has 0 bridgehead atoms. The van der Waals surface area contributed by atoms with Crippen molar-refractivity contribution in [2.24, 2.45) is 0 Å². The molecule has 8 heteroatoms. The van der Waals surface area contributed by atoms with Gasteiger partial charge in [-0.1, -0.05) is 11.6 Å². The minimum Gasteiger partial charge on any atom is -0.334 e. The summed E-state index contributed by atoms with van der Waals surface area (Å²) in [6, 6.07) is 6.15. The first-order chi connectivity index (χ1) is 8.53. The monoisotopic (exact) mass is 282 g/mol. The third kappa shape index (κ3) is 2.45. The van der Waals surface area contributed by atoms with Crippen molar-refractivity contribution in [2.75, 3.05) is 4.72 Å². The number of hydrogen-bond donors (Lipinski definition) is 2. The van der Waals surface area contributed by atoms with Gasteiger partial charge in [-0.3, -0.25) is 4.72 Å². The Labute approximate surface area is 108 Å². The van der Waals surface area contributed by atoms with Gasteiger partial charge in [-0.15, -0.1) is 0 Å². The Balaban J connectivity index is 2.34. The number of imidazole rings is 1. The van der Waals surface area contributed by atoms with Gasteiger partial charge < -0.3 is 4.98 Å². The van der Waals surface area contributed by atoms with Crippen LogP contribution >= 0.6 is 11.6 Å². The summed E-state index contributed by atoms with van der Waals surface area (Å²) in [6.07, 6.45) is 2.45. The predicted molar refractivity (Wildman–Crippen MR) is 65.6 cm³/mol. The van der Waals surface area contributed by atoms with E-state index in [9.17, 15) is 8.42 Å². The van der Waals surface area contributed by atoms with Crippen molar-refractivity contribution in [3.8, 4) is 6.07 Å². The molecule has 18 heavy (non-hydrogen) atoms. The van der Waals surface area contributed by atoms with Crippen LogP contribution in [0.15, 0.2) is 35.7 Å². The van der Waals surface area contributed by atoms with E-state index in [2.05, 4.69) is 14.7 Å². The summed E-state index contributed by atoms with van der Waals surface area (Å²) in [5.41, 5.74) is 0.451. The molecule has 0 spiro atoms. The van der Waals surface area contributed by atoms with Gasteiger partial charge in [0.05, 0.1) is 28.8 Å². The van der Waals surface area contributed by atoms with Crippen LogP contribution in [0.2, 0.25) is 5.02 Å².